The van der Waals surface area contributed by atoms with Crippen molar-refractivity contribution in [2.75, 3.05) is 41.5 Å². The van der Waals surface area contributed by atoms with Crippen LogP contribution in [-0.2, 0) is 27.4 Å². The van der Waals surface area contributed by atoms with Crippen LogP contribution in [0.15, 0.2) is 30.3 Å². The zero-order valence-corrected chi connectivity index (χ0v) is 24.2. The molecule has 1 heterocycles. The smallest absolute Gasteiger partial charge is 0.221 e. The highest BCUT2D eigenvalue weighted by molar-refractivity contribution is 5.76. The Balaban J connectivity index is 0.000000840. The van der Waals surface area contributed by atoms with E-state index in [1.165, 1.54) is 23.3 Å². The van der Waals surface area contributed by atoms with E-state index >= 15 is 0 Å². The lowest BCUT2D eigenvalue weighted by atomic mass is 9.88. The second-order valence-electron chi connectivity index (χ2n) is 10.0. The molecule has 3 N–H and O–H groups in total. The van der Waals surface area contributed by atoms with E-state index < -0.39 is 0 Å². The number of amides is 1. The van der Waals surface area contributed by atoms with E-state index in [0.29, 0.717) is 30.2 Å². The van der Waals surface area contributed by atoms with Gasteiger partial charge in [0.1, 0.15) is 0 Å². The van der Waals surface area contributed by atoms with Crippen LogP contribution in [0.25, 0.3) is 0 Å². The lowest BCUT2D eigenvalue weighted by Gasteiger charge is -2.38. The summed E-state index contributed by atoms with van der Waals surface area (Å²) < 4.78 is 22.1. The van der Waals surface area contributed by atoms with Gasteiger partial charge in [-0.15, -0.1) is 0 Å². The number of hydrogen-bond acceptors (Lipinski definition) is 10. The SMILES string of the molecule is COc1ccc(C[C@@H]2c3cc(OC)c(OC)cc3CCN2CCC(=O)NC(C)(C)C)cc1OC.OOC#COO. The first-order chi connectivity index (χ1) is 19.1. The van der Waals surface area contributed by atoms with Gasteiger partial charge in [0, 0.05) is 31.1 Å². The van der Waals surface area contributed by atoms with E-state index in [9.17, 15) is 4.79 Å². The first-order valence-electron chi connectivity index (χ1n) is 12.7. The molecule has 0 saturated carbocycles. The molecule has 11 nitrogen and oxygen atoms in total. The molecule has 220 valence electrons. The number of methoxy groups -OCH3 is 4. The Morgan fingerprint density at radius 1 is 0.925 bits per heavy atom. The number of benzene rings is 2. The summed E-state index contributed by atoms with van der Waals surface area (Å²) in [5, 5.41) is 17.7. The van der Waals surface area contributed by atoms with Crippen LogP contribution in [0, 0.1) is 12.2 Å². The number of nitrogens with one attached hydrogen (secondary N) is 1. The molecule has 0 saturated heterocycles. The molecule has 0 aromatic heterocycles. The van der Waals surface area contributed by atoms with Gasteiger partial charge < -0.3 is 24.3 Å². The van der Waals surface area contributed by atoms with Crippen molar-refractivity contribution in [3.63, 3.8) is 0 Å². The van der Waals surface area contributed by atoms with Gasteiger partial charge in [-0.2, -0.15) is 10.5 Å². The van der Waals surface area contributed by atoms with Gasteiger partial charge in [0.05, 0.1) is 28.4 Å². The lowest BCUT2D eigenvalue weighted by Crippen LogP contribution is -2.43. The van der Waals surface area contributed by atoms with Crippen LogP contribution >= 0.6 is 0 Å². The van der Waals surface area contributed by atoms with E-state index in [1.807, 2.05) is 32.9 Å². The maximum Gasteiger partial charge on any atom is 0.221 e. The number of fused-ring (bicyclic) bond motifs is 1. The minimum absolute atomic E-state index is 0.0653. The molecule has 0 radical (unpaired) electrons. The van der Waals surface area contributed by atoms with E-state index in [-0.39, 0.29) is 17.5 Å². The summed E-state index contributed by atoms with van der Waals surface area (Å²) in [6.07, 6.45) is 5.16. The average Bonchev–Trinajstić information content (AvgIpc) is 2.94. The normalized spacial score (nSPS) is 14.3. The van der Waals surface area contributed by atoms with Crippen molar-refractivity contribution < 1.29 is 44.0 Å². The van der Waals surface area contributed by atoms with E-state index in [1.54, 1.807) is 28.4 Å². The third kappa shape index (κ3) is 9.41. The fourth-order valence-corrected chi connectivity index (χ4v) is 4.58. The molecule has 1 amide bonds. The molecule has 0 fully saturated rings. The minimum atomic E-state index is -0.242. The molecule has 11 heteroatoms. The van der Waals surface area contributed by atoms with Crippen LogP contribution in [0.1, 0.15) is 49.9 Å². The van der Waals surface area contributed by atoms with Gasteiger partial charge in [-0.1, -0.05) is 6.07 Å². The standard InChI is InChI=1S/C27H38N2O5.C2H2O4/c1-27(2,3)28-26(30)11-13-29-12-10-19-16-24(33-6)25(34-7)17-20(19)21(29)14-18-8-9-22(31-4)23(15-18)32-5;3-5-1-2-6-4/h8-9,15-17,21H,10-14H2,1-7H3,(H,28,30);3-4H/t21-;/m1./s1. The second-order valence-corrected chi connectivity index (χ2v) is 10.0. The molecule has 2 aromatic rings. The summed E-state index contributed by atoms with van der Waals surface area (Å²) >= 11 is 0. The number of rotatable bonds is 9. The van der Waals surface area contributed by atoms with Crippen molar-refractivity contribution in [3.05, 3.63) is 47.0 Å². The third-order valence-corrected chi connectivity index (χ3v) is 6.26. The summed E-state index contributed by atoms with van der Waals surface area (Å²) in [5.41, 5.74) is 3.34. The molecular formula is C29H40N2O9. The Morgan fingerprint density at radius 2 is 1.50 bits per heavy atom. The van der Waals surface area contributed by atoms with Crippen molar-refractivity contribution >= 4 is 5.91 Å². The van der Waals surface area contributed by atoms with Gasteiger partial charge in [-0.25, -0.2) is 0 Å². The van der Waals surface area contributed by atoms with Crippen LogP contribution in [-0.4, -0.2) is 68.4 Å². The van der Waals surface area contributed by atoms with E-state index in [0.717, 1.165) is 30.7 Å². The van der Waals surface area contributed by atoms with Crippen LogP contribution in [0.3, 0.4) is 0 Å². The van der Waals surface area contributed by atoms with Gasteiger partial charge in [0.2, 0.25) is 18.1 Å². The zero-order valence-electron chi connectivity index (χ0n) is 24.2. The summed E-state index contributed by atoms with van der Waals surface area (Å²) in [6.45, 7) is 7.54. The summed E-state index contributed by atoms with van der Waals surface area (Å²) in [7, 11) is 6.60. The Bertz CT molecular complexity index is 1160. The molecule has 0 aliphatic carbocycles. The quantitative estimate of drug-likeness (QED) is 0.235. The Hall–Kier alpha value is -3.85. The molecule has 3 rings (SSSR count). The largest absolute Gasteiger partial charge is 0.493 e. The van der Waals surface area contributed by atoms with E-state index in [2.05, 4.69) is 38.2 Å². The zero-order chi connectivity index (χ0) is 29.7. The van der Waals surface area contributed by atoms with Crippen LogP contribution in [0.2, 0.25) is 0 Å². The van der Waals surface area contributed by atoms with Crippen molar-refractivity contribution in [1.29, 1.82) is 0 Å². The topological polar surface area (TPSA) is 128 Å². The first kappa shape index (κ1) is 32.4. The molecule has 0 spiro atoms. The second kappa shape index (κ2) is 15.7. The van der Waals surface area contributed by atoms with E-state index in [4.69, 9.17) is 29.5 Å². The molecule has 1 atom stereocenters. The summed E-state index contributed by atoms with van der Waals surface area (Å²) in [5.74, 6) is 2.93. The highest BCUT2D eigenvalue weighted by Crippen LogP contribution is 2.40. The predicted molar refractivity (Wildman–Crippen MR) is 149 cm³/mol. The van der Waals surface area contributed by atoms with Gasteiger partial charge in [0.25, 0.3) is 0 Å². The Labute approximate surface area is 235 Å². The molecule has 1 aliphatic rings. The fourth-order valence-electron chi connectivity index (χ4n) is 4.58. The van der Waals surface area contributed by atoms with Gasteiger partial charge >= 0.3 is 0 Å². The highest BCUT2D eigenvalue weighted by Gasteiger charge is 2.30. The van der Waals surface area contributed by atoms with Gasteiger partial charge in [0.15, 0.2) is 23.0 Å². The molecule has 1 aliphatic heterocycles. The third-order valence-electron chi connectivity index (χ3n) is 6.26. The Kier molecular flexibility index (Phi) is 12.7. The number of hydrogen-bond donors (Lipinski definition) is 3. The van der Waals surface area contributed by atoms with Crippen molar-refractivity contribution in [3.8, 4) is 35.2 Å². The van der Waals surface area contributed by atoms with Gasteiger partial charge in [-0.3, -0.25) is 19.5 Å². The fraction of sp³-hybridized carbons (Fsp3) is 0.483. The van der Waals surface area contributed by atoms with Crippen LogP contribution in [0.5, 0.6) is 23.0 Å². The maximum absolute atomic E-state index is 12.5. The number of nitrogens with zero attached hydrogens (tertiary/aromatic N) is 1. The molecule has 2 aromatic carbocycles. The molecule has 0 unspecified atom stereocenters. The lowest BCUT2D eigenvalue weighted by molar-refractivity contribution is -0.188. The first-order valence-corrected chi connectivity index (χ1v) is 12.7. The monoisotopic (exact) mass is 560 g/mol. The Morgan fingerprint density at radius 3 is 2.05 bits per heavy atom. The predicted octanol–water partition coefficient (Wildman–Crippen LogP) is 4.05. The number of ether oxygens (including phenoxy) is 4. The van der Waals surface area contributed by atoms with Crippen molar-refractivity contribution in [1.82, 2.24) is 10.2 Å². The highest BCUT2D eigenvalue weighted by atomic mass is 17.1. The maximum atomic E-state index is 12.5. The number of carbonyl (C=O) groups is 1. The average molecular weight is 561 g/mol. The molecular weight excluding hydrogens is 520 g/mol. The number of carbonyl (C=O) groups excluding carboxylic acids is 1. The molecule has 40 heavy (non-hydrogen) atoms. The minimum Gasteiger partial charge on any atom is -0.493 e. The molecule has 0 bridgehead atoms. The van der Waals surface area contributed by atoms with Gasteiger partial charge in [-0.05, 0) is 74.6 Å². The summed E-state index contributed by atoms with van der Waals surface area (Å²) in [4.78, 5) is 21.2. The summed E-state index contributed by atoms with van der Waals surface area (Å²) in [6, 6.07) is 10.3. The van der Waals surface area contributed by atoms with Crippen LogP contribution in [0.4, 0.5) is 0 Å². The van der Waals surface area contributed by atoms with Crippen LogP contribution < -0.4 is 24.3 Å². The van der Waals surface area contributed by atoms with Crippen molar-refractivity contribution in [2.45, 2.75) is 51.6 Å². The van der Waals surface area contributed by atoms with Crippen molar-refractivity contribution in [2.24, 2.45) is 0 Å².